The summed E-state index contributed by atoms with van der Waals surface area (Å²) in [6, 6.07) is 24.6. The Morgan fingerprint density at radius 3 is 2.53 bits per heavy atom. The van der Waals surface area contributed by atoms with Gasteiger partial charge in [0, 0.05) is 17.0 Å². The first kappa shape index (κ1) is 20.8. The van der Waals surface area contributed by atoms with Crippen LogP contribution in [-0.2, 0) is 6.61 Å². The Balaban J connectivity index is 1.32. The Bertz CT molecular complexity index is 1410. The van der Waals surface area contributed by atoms with E-state index in [0.29, 0.717) is 0 Å². The molecule has 8 nitrogen and oxygen atoms in total. The second kappa shape index (κ2) is 8.54. The smallest absolute Gasteiger partial charge is 0.311 e. The second-order valence-corrected chi connectivity index (χ2v) is 9.58. The minimum absolute atomic E-state index is 0.0541. The van der Waals surface area contributed by atoms with Crippen LogP contribution < -0.4 is 9.75 Å². The van der Waals surface area contributed by atoms with Gasteiger partial charge in [0.15, 0.2) is 11.6 Å². The van der Waals surface area contributed by atoms with Crippen LogP contribution in [0.2, 0.25) is 0 Å². The van der Waals surface area contributed by atoms with Gasteiger partial charge in [0.1, 0.15) is 17.0 Å². The van der Waals surface area contributed by atoms with E-state index in [1.165, 1.54) is 11.8 Å². The largest absolute Gasteiger partial charge is 0.482 e. The van der Waals surface area contributed by atoms with Crippen molar-refractivity contribution in [2.75, 3.05) is 5.01 Å². The lowest BCUT2D eigenvalue weighted by atomic mass is 10.1. The molecule has 0 N–H and O–H groups in total. The Morgan fingerprint density at radius 2 is 1.76 bits per heavy atom. The summed E-state index contributed by atoms with van der Waals surface area (Å²) in [4.78, 5) is 11.5. The third kappa shape index (κ3) is 3.61. The molecule has 3 heterocycles. The zero-order chi connectivity index (χ0) is 23.1. The molecule has 0 radical (unpaired) electrons. The molecule has 6 rings (SSSR count). The Labute approximate surface area is 203 Å². The van der Waals surface area contributed by atoms with E-state index in [9.17, 15) is 10.1 Å². The summed E-state index contributed by atoms with van der Waals surface area (Å²) in [6.07, 6.45) is 0. The van der Waals surface area contributed by atoms with Crippen molar-refractivity contribution < 1.29 is 9.66 Å². The van der Waals surface area contributed by atoms with Crippen LogP contribution in [0.3, 0.4) is 0 Å². The van der Waals surface area contributed by atoms with Crippen LogP contribution in [0.25, 0.3) is 11.4 Å². The van der Waals surface area contributed by atoms with Gasteiger partial charge in [0.25, 0.3) is 0 Å². The van der Waals surface area contributed by atoms with E-state index in [2.05, 4.69) is 20.6 Å². The van der Waals surface area contributed by atoms with E-state index < -0.39 is 4.92 Å². The molecule has 0 spiro atoms. The number of nitro benzene ring substituents is 1. The molecule has 1 aromatic heterocycles. The van der Waals surface area contributed by atoms with Gasteiger partial charge in [0.2, 0.25) is 5.16 Å². The highest BCUT2D eigenvalue weighted by Crippen LogP contribution is 2.52. The molecular weight excluding hydrogens is 470 g/mol. The van der Waals surface area contributed by atoms with E-state index in [0.717, 1.165) is 32.7 Å². The first-order valence-electron chi connectivity index (χ1n) is 10.5. The van der Waals surface area contributed by atoms with Gasteiger partial charge in [0.05, 0.1) is 4.92 Å². The van der Waals surface area contributed by atoms with Gasteiger partial charge in [-0.1, -0.05) is 78.5 Å². The van der Waals surface area contributed by atoms with Crippen LogP contribution >= 0.6 is 23.5 Å². The highest BCUT2D eigenvalue weighted by Gasteiger charge is 2.40. The molecule has 1 unspecified atom stereocenters. The third-order valence-corrected chi connectivity index (χ3v) is 7.69. The van der Waals surface area contributed by atoms with Gasteiger partial charge in [-0.05, 0) is 29.0 Å². The summed E-state index contributed by atoms with van der Waals surface area (Å²) < 4.78 is 7.79. The van der Waals surface area contributed by atoms with Gasteiger partial charge >= 0.3 is 5.69 Å². The normalized spacial score (nSPS) is 16.2. The van der Waals surface area contributed by atoms with Gasteiger partial charge in [-0.2, -0.15) is 0 Å². The summed E-state index contributed by atoms with van der Waals surface area (Å²) in [5.74, 6) is 0.982. The summed E-state index contributed by atoms with van der Waals surface area (Å²) in [5.41, 5.74) is 2.65. The summed E-state index contributed by atoms with van der Waals surface area (Å²) >= 11 is 3.14. The third-order valence-electron chi connectivity index (χ3n) is 5.50. The Kier molecular flexibility index (Phi) is 5.23. The minimum atomic E-state index is -0.393. The topological polar surface area (TPSA) is 86.3 Å². The molecule has 0 aliphatic carbocycles. The van der Waals surface area contributed by atoms with E-state index in [1.807, 2.05) is 71.4 Å². The molecule has 2 aliphatic rings. The number of rotatable bonds is 6. The van der Waals surface area contributed by atoms with Gasteiger partial charge in [-0.15, -0.1) is 10.2 Å². The zero-order valence-electron chi connectivity index (χ0n) is 17.6. The molecule has 34 heavy (non-hydrogen) atoms. The molecule has 0 bridgehead atoms. The van der Waals surface area contributed by atoms with E-state index in [-0.39, 0.29) is 23.4 Å². The molecular formula is C24H17N5O3S2. The summed E-state index contributed by atoms with van der Waals surface area (Å²) in [7, 11) is 0. The highest BCUT2D eigenvalue weighted by molar-refractivity contribution is 8.07. The maximum absolute atomic E-state index is 11.9. The molecule has 0 saturated heterocycles. The van der Waals surface area contributed by atoms with Crippen LogP contribution in [-0.4, -0.2) is 19.8 Å². The first-order valence-corrected chi connectivity index (χ1v) is 12.2. The molecule has 0 saturated carbocycles. The number of benzene rings is 3. The molecule has 1 atom stereocenters. The van der Waals surface area contributed by atoms with Gasteiger partial charge in [-0.3, -0.25) is 15.1 Å². The van der Waals surface area contributed by atoms with Crippen LogP contribution in [0.1, 0.15) is 16.5 Å². The highest BCUT2D eigenvalue weighted by atomic mass is 32.2. The number of nitro groups is 1. The predicted octanol–water partition coefficient (Wildman–Crippen LogP) is 5.72. The number of nitrogens with zero attached hydrogens (tertiary/aromatic N) is 5. The molecule has 3 aromatic carbocycles. The number of hydrogen-bond acceptors (Lipinski definition) is 8. The van der Waals surface area contributed by atoms with E-state index >= 15 is 0 Å². The lowest BCUT2D eigenvalue weighted by Gasteiger charge is -2.26. The van der Waals surface area contributed by atoms with Crippen molar-refractivity contribution in [1.29, 1.82) is 0 Å². The average molecular weight is 488 g/mol. The zero-order valence-corrected chi connectivity index (χ0v) is 19.3. The predicted molar refractivity (Wildman–Crippen MR) is 132 cm³/mol. The fourth-order valence-electron chi connectivity index (χ4n) is 3.92. The number of ether oxygens (including phenoxy) is 1. The SMILES string of the molecule is O=[N+]([O-])c1cc(C2SC=C3Sc4nnc(-c5ccccc5)n4N32)ccc1OCc1ccccc1. The number of fused-ring (bicyclic) bond motifs is 3. The van der Waals surface area contributed by atoms with Crippen molar-refractivity contribution in [1.82, 2.24) is 14.9 Å². The maximum Gasteiger partial charge on any atom is 0.311 e. The van der Waals surface area contributed by atoms with Gasteiger partial charge in [-0.25, -0.2) is 4.68 Å². The summed E-state index contributed by atoms with van der Waals surface area (Å²) in [6.45, 7) is 0.262. The van der Waals surface area contributed by atoms with E-state index in [4.69, 9.17) is 4.74 Å². The Hall–Kier alpha value is -3.76. The number of aromatic nitrogens is 3. The quantitative estimate of drug-likeness (QED) is 0.252. The van der Waals surface area contributed by atoms with Gasteiger partial charge < -0.3 is 4.74 Å². The van der Waals surface area contributed by atoms with E-state index in [1.54, 1.807) is 23.9 Å². The molecule has 10 heteroatoms. The molecule has 4 aromatic rings. The monoisotopic (exact) mass is 487 g/mol. The fourth-order valence-corrected chi connectivity index (χ4v) is 6.13. The van der Waals surface area contributed by atoms with Crippen molar-refractivity contribution in [3.05, 3.63) is 111 Å². The van der Waals surface area contributed by atoms with Crippen molar-refractivity contribution in [3.8, 4) is 17.1 Å². The molecule has 2 aliphatic heterocycles. The number of thioether (sulfide) groups is 2. The molecule has 0 fully saturated rings. The van der Waals surface area contributed by atoms with Crippen molar-refractivity contribution in [3.63, 3.8) is 0 Å². The lowest BCUT2D eigenvalue weighted by Crippen LogP contribution is -2.29. The van der Waals surface area contributed by atoms with Crippen LogP contribution in [0, 0.1) is 10.1 Å². The minimum Gasteiger partial charge on any atom is -0.482 e. The second-order valence-electron chi connectivity index (χ2n) is 7.63. The molecule has 0 amide bonds. The van der Waals surface area contributed by atoms with Crippen LogP contribution in [0.4, 0.5) is 5.69 Å². The fraction of sp³-hybridized carbons (Fsp3) is 0.0833. The van der Waals surface area contributed by atoms with Crippen LogP contribution in [0.15, 0.2) is 94.5 Å². The molecule has 168 valence electrons. The van der Waals surface area contributed by atoms with Crippen molar-refractivity contribution in [2.45, 2.75) is 17.1 Å². The van der Waals surface area contributed by atoms with Crippen LogP contribution in [0.5, 0.6) is 5.75 Å². The number of hydrogen-bond donors (Lipinski definition) is 0. The van der Waals surface area contributed by atoms with Crippen molar-refractivity contribution >= 4 is 29.2 Å². The first-order chi connectivity index (χ1) is 16.7. The Morgan fingerprint density at radius 1 is 1.00 bits per heavy atom. The average Bonchev–Trinajstić information content (AvgIpc) is 3.56. The standard InChI is InChI=1S/C24H17N5O3S2/c30-29(31)19-13-18(11-12-20(19)32-14-16-7-3-1-4-8-16)23-27-21(15-33-23)34-24-26-25-22(28(24)27)17-9-5-2-6-10-17/h1-13,15,23H,14H2. The van der Waals surface area contributed by atoms with Crippen molar-refractivity contribution in [2.24, 2.45) is 0 Å². The maximum atomic E-state index is 11.9. The summed E-state index contributed by atoms with van der Waals surface area (Å²) in [5, 5.41) is 26.4. The lowest BCUT2D eigenvalue weighted by molar-refractivity contribution is -0.386.